The van der Waals surface area contributed by atoms with E-state index in [2.05, 4.69) is 5.32 Å². The van der Waals surface area contributed by atoms with Crippen LogP contribution in [0, 0.1) is 0 Å². The molecule has 0 saturated heterocycles. The summed E-state index contributed by atoms with van der Waals surface area (Å²) < 4.78 is 33.2. The Morgan fingerprint density at radius 3 is 2.68 bits per heavy atom. The van der Waals surface area contributed by atoms with E-state index in [0.29, 0.717) is 36.3 Å². The molecule has 1 aliphatic rings. The van der Waals surface area contributed by atoms with E-state index in [0.717, 1.165) is 12.0 Å². The van der Waals surface area contributed by atoms with E-state index >= 15 is 0 Å². The van der Waals surface area contributed by atoms with Crippen molar-refractivity contribution in [1.82, 2.24) is 5.32 Å². The molecule has 1 heterocycles. The molecule has 0 atom stereocenters. The molecule has 132 valence electrons. The topological polar surface area (TPSA) is 58.4 Å². The Hall–Kier alpha value is -2.05. The van der Waals surface area contributed by atoms with Crippen molar-refractivity contribution in [3.05, 3.63) is 59.1 Å². The lowest BCUT2D eigenvalue weighted by molar-refractivity contribution is -0.352. The van der Waals surface area contributed by atoms with Crippen molar-refractivity contribution >= 4 is 27.5 Å². The molecule has 0 amide bonds. The van der Waals surface area contributed by atoms with Gasteiger partial charge in [-0.05, 0) is 30.7 Å². The van der Waals surface area contributed by atoms with E-state index in [9.17, 15) is 8.42 Å². The Bertz CT molecular complexity index is 896. The maximum Gasteiger partial charge on any atom is 0.331 e. The van der Waals surface area contributed by atoms with Crippen LogP contribution in [-0.4, -0.2) is 37.9 Å². The standard InChI is InChI=1S/C18H19ClN2O3S/c1-2-12-24-17-13-15(8-9-16(17)19)25(22,23)21-11-10-20-18(21)14-6-4-3-5-7-14/h3-9,13H,2,10-12H2,1H3/p+1. The van der Waals surface area contributed by atoms with Crippen molar-refractivity contribution in [2.75, 3.05) is 19.7 Å². The van der Waals surface area contributed by atoms with E-state index < -0.39 is 10.0 Å². The summed E-state index contributed by atoms with van der Waals surface area (Å²) in [6.07, 6.45) is 0.815. The summed E-state index contributed by atoms with van der Waals surface area (Å²) in [5.74, 6) is 0.976. The van der Waals surface area contributed by atoms with Crippen LogP contribution in [0.25, 0.3) is 0 Å². The van der Waals surface area contributed by atoms with Gasteiger partial charge in [-0.2, -0.15) is 8.42 Å². The van der Waals surface area contributed by atoms with E-state index in [-0.39, 0.29) is 4.90 Å². The fourth-order valence-electron chi connectivity index (χ4n) is 2.65. The van der Waals surface area contributed by atoms with Gasteiger partial charge in [0.1, 0.15) is 23.7 Å². The summed E-state index contributed by atoms with van der Waals surface area (Å²) in [4.78, 5) is 0.167. The number of hydrogen-bond acceptors (Lipinski definition) is 4. The fraction of sp³-hybridized carbons (Fsp3) is 0.278. The molecule has 0 aliphatic carbocycles. The van der Waals surface area contributed by atoms with Gasteiger partial charge in [-0.3, -0.25) is 5.32 Å². The number of halogens is 1. The van der Waals surface area contributed by atoms with Crippen molar-refractivity contribution in [3.8, 4) is 5.75 Å². The van der Waals surface area contributed by atoms with Crippen LogP contribution in [0.5, 0.6) is 5.75 Å². The number of amidine groups is 1. The predicted molar refractivity (Wildman–Crippen MR) is 98.1 cm³/mol. The van der Waals surface area contributed by atoms with Gasteiger partial charge in [0.25, 0.3) is 5.84 Å². The predicted octanol–water partition coefficient (Wildman–Crippen LogP) is 2.88. The molecule has 0 spiro atoms. The minimum atomic E-state index is -3.71. The molecule has 0 aromatic heterocycles. The van der Waals surface area contributed by atoms with Gasteiger partial charge in [0.05, 0.1) is 17.2 Å². The Balaban J connectivity index is 2.04. The van der Waals surface area contributed by atoms with Crippen molar-refractivity contribution in [2.45, 2.75) is 18.2 Å². The average molecular weight is 380 g/mol. The Kier molecular flexibility index (Phi) is 5.30. The Labute approximate surface area is 153 Å². The van der Waals surface area contributed by atoms with Crippen LogP contribution in [0.3, 0.4) is 0 Å². The maximum atomic E-state index is 13.1. The van der Waals surface area contributed by atoms with Crippen LogP contribution in [0.4, 0.5) is 0 Å². The molecule has 0 bridgehead atoms. The Morgan fingerprint density at radius 1 is 1.20 bits per heavy atom. The lowest BCUT2D eigenvalue weighted by Gasteiger charge is -2.10. The van der Waals surface area contributed by atoms with Crippen LogP contribution in [-0.2, 0) is 10.0 Å². The van der Waals surface area contributed by atoms with Gasteiger partial charge < -0.3 is 4.74 Å². The molecule has 7 heteroatoms. The third-order valence-electron chi connectivity index (χ3n) is 3.86. The van der Waals surface area contributed by atoms with Gasteiger partial charge in [0.2, 0.25) is 0 Å². The highest BCUT2D eigenvalue weighted by Gasteiger charge is 2.34. The van der Waals surface area contributed by atoms with Crippen LogP contribution < -0.4 is 10.1 Å². The molecular weight excluding hydrogens is 360 g/mol. The van der Waals surface area contributed by atoms with Gasteiger partial charge in [0, 0.05) is 6.07 Å². The first-order chi connectivity index (χ1) is 12.0. The first-order valence-corrected chi connectivity index (χ1v) is 9.97. The molecule has 0 unspecified atom stereocenters. The molecular formula is C18H20ClN2O3S+. The van der Waals surface area contributed by atoms with Crippen LogP contribution in [0.1, 0.15) is 18.9 Å². The highest BCUT2D eigenvalue weighted by atomic mass is 35.5. The summed E-state index contributed by atoms with van der Waals surface area (Å²) in [6.45, 7) is 3.40. The van der Waals surface area contributed by atoms with Gasteiger partial charge >= 0.3 is 10.0 Å². The van der Waals surface area contributed by atoms with Gasteiger partial charge in [-0.1, -0.05) is 36.7 Å². The minimum Gasteiger partial charge on any atom is -0.492 e. The van der Waals surface area contributed by atoms with Gasteiger partial charge in [-0.25, -0.2) is 0 Å². The summed E-state index contributed by atoms with van der Waals surface area (Å²) in [5.41, 5.74) is 0.833. The van der Waals surface area contributed by atoms with Crippen LogP contribution >= 0.6 is 11.6 Å². The van der Waals surface area contributed by atoms with Crippen molar-refractivity contribution in [3.63, 3.8) is 0 Å². The van der Waals surface area contributed by atoms with Crippen molar-refractivity contribution < 1.29 is 17.1 Å². The van der Waals surface area contributed by atoms with E-state index in [1.807, 2.05) is 37.3 Å². The number of nitrogens with one attached hydrogen (secondary N) is 1. The smallest absolute Gasteiger partial charge is 0.331 e. The third kappa shape index (κ3) is 3.65. The summed E-state index contributed by atoms with van der Waals surface area (Å²) in [6, 6.07) is 14.0. The second-order valence-corrected chi connectivity index (χ2v) is 7.93. The van der Waals surface area contributed by atoms with Gasteiger partial charge in [-0.15, -0.1) is 3.98 Å². The second kappa shape index (κ2) is 7.45. The molecule has 0 radical (unpaired) electrons. The summed E-state index contributed by atoms with van der Waals surface area (Å²) in [7, 11) is -3.71. The first-order valence-electron chi connectivity index (χ1n) is 8.15. The highest BCUT2D eigenvalue weighted by molar-refractivity contribution is 7.85. The molecule has 25 heavy (non-hydrogen) atoms. The fourth-order valence-corrected chi connectivity index (χ4v) is 4.32. The largest absolute Gasteiger partial charge is 0.492 e. The zero-order valence-corrected chi connectivity index (χ0v) is 15.5. The van der Waals surface area contributed by atoms with Crippen molar-refractivity contribution in [1.29, 1.82) is 0 Å². The molecule has 1 N–H and O–H groups in total. The number of sulfonamides is 1. The lowest BCUT2D eigenvalue weighted by Crippen LogP contribution is -2.28. The van der Waals surface area contributed by atoms with Crippen LogP contribution in [0.2, 0.25) is 5.02 Å². The number of hydrogen-bond donors (Lipinski definition) is 1. The molecule has 1 aliphatic heterocycles. The number of rotatable bonds is 6. The molecule has 0 saturated carbocycles. The number of ether oxygens (including phenoxy) is 1. The Morgan fingerprint density at radius 2 is 1.96 bits per heavy atom. The zero-order valence-electron chi connectivity index (χ0n) is 13.9. The van der Waals surface area contributed by atoms with Crippen molar-refractivity contribution in [2.24, 2.45) is 0 Å². The monoisotopic (exact) mass is 379 g/mol. The van der Waals surface area contributed by atoms with E-state index in [1.165, 1.54) is 16.1 Å². The highest BCUT2D eigenvalue weighted by Crippen LogP contribution is 2.28. The lowest BCUT2D eigenvalue weighted by atomic mass is 10.2. The molecule has 2 aromatic carbocycles. The average Bonchev–Trinajstić information content (AvgIpc) is 3.12. The third-order valence-corrected chi connectivity index (χ3v) is 5.96. The van der Waals surface area contributed by atoms with E-state index in [1.54, 1.807) is 6.07 Å². The quantitative estimate of drug-likeness (QED) is 0.784. The maximum absolute atomic E-state index is 13.1. The molecule has 0 fully saturated rings. The molecule has 3 rings (SSSR count). The van der Waals surface area contributed by atoms with Gasteiger partial charge in [0.15, 0.2) is 0 Å². The second-order valence-electron chi connectivity index (χ2n) is 5.66. The first kappa shape index (κ1) is 17.8. The summed E-state index contributed by atoms with van der Waals surface area (Å²) in [5, 5.41) is 3.57. The van der Waals surface area contributed by atoms with E-state index in [4.69, 9.17) is 16.3 Å². The SMILES string of the molecule is CCCOc1cc(S(=O)(=O)[N+]2=C(c3ccccc3)NCC2)ccc1Cl. The van der Waals surface area contributed by atoms with Crippen LogP contribution in [0.15, 0.2) is 53.4 Å². The minimum absolute atomic E-state index is 0.167. The molecule has 5 nitrogen and oxygen atoms in total. The molecule has 2 aromatic rings. The zero-order chi connectivity index (χ0) is 17.9. The number of benzene rings is 2. The summed E-state index contributed by atoms with van der Waals surface area (Å²) >= 11 is 6.12. The number of nitrogens with zero attached hydrogens (tertiary/aromatic N) is 1. The normalized spacial score (nSPS) is 14.5.